The fraction of sp³-hybridized carbons (Fsp3) is 0.462. The predicted octanol–water partition coefficient (Wildman–Crippen LogP) is 3.08. The van der Waals surface area contributed by atoms with Crippen LogP contribution in [0.4, 0.5) is 4.39 Å². The van der Waals surface area contributed by atoms with Gasteiger partial charge >= 0.3 is 5.69 Å². The second-order valence-electron chi connectivity index (χ2n) is 9.76. The lowest BCUT2D eigenvalue weighted by Crippen LogP contribution is -2.44. The summed E-state index contributed by atoms with van der Waals surface area (Å²) in [5.74, 6) is 0.0939. The van der Waals surface area contributed by atoms with Crippen molar-refractivity contribution in [2.24, 2.45) is 7.05 Å². The van der Waals surface area contributed by atoms with Crippen molar-refractivity contribution < 1.29 is 9.13 Å². The fourth-order valence-corrected chi connectivity index (χ4v) is 4.78. The smallest absolute Gasteiger partial charge is 0.330 e. The Morgan fingerprint density at radius 1 is 1.08 bits per heavy atom. The van der Waals surface area contributed by atoms with Gasteiger partial charge in [-0.05, 0) is 39.4 Å². The van der Waals surface area contributed by atoms with Gasteiger partial charge in [0.2, 0.25) is 5.88 Å². The quantitative estimate of drug-likeness (QED) is 0.366. The molecule has 0 atom stereocenters. The Bertz CT molecular complexity index is 1440. The van der Waals surface area contributed by atoms with Gasteiger partial charge in [-0.1, -0.05) is 0 Å². The summed E-state index contributed by atoms with van der Waals surface area (Å²) in [5, 5.41) is 9.03. The van der Waals surface area contributed by atoms with Crippen molar-refractivity contribution in [3.8, 4) is 17.0 Å². The first-order chi connectivity index (χ1) is 17.3. The molecule has 4 heterocycles. The van der Waals surface area contributed by atoms with Gasteiger partial charge in [0.05, 0.1) is 12.1 Å². The average Bonchev–Trinajstić information content (AvgIpc) is 3.13. The number of imidazole rings is 1. The molecule has 1 aliphatic rings. The van der Waals surface area contributed by atoms with Crippen molar-refractivity contribution in [1.29, 1.82) is 0 Å². The number of ether oxygens (including phenoxy) is 1. The Morgan fingerprint density at radius 2 is 1.86 bits per heavy atom. The van der Waals surface area contributed by atoms with Crippen molar-refractivity contribution in [2.75, 3.05) is 46.4 Å². The number of likely N-dealkylation sites (N-methyl/N-ethyl adjacent to an activating group) is 1. The van der Waals surface area contributed by atoms with Crippen molar-refractivity contribution in [2.45, 2.75) is 26.3 Å². The fourth-order valence-electron chi connectivity index (χ4n) is 4.78. The van der Waals surface area contributed by atoms with E-state index in [9.17, 15) is 4.79 Å². The molecule has 4 aromatic rings. The number of aromatic nitrogens is 5. The van der Waals surface area contributed by atoms with E-state index in [4.69, 9.17) is 4.74 Å². The van der Waals surface area contributed by atoms with Crippen molar-refractivity contribution in [1.82, 2.24) is 34.1 Å². The molecule has 190 valence electrons. The van der Waals surface area contributed by atoms with Gasteiger partial charge in [0, 0.05) is 80.7 Å². The van der Waals surface area contributed by atoms with E-state index in [0.29, 0.717) is 45.7 Å². The summed E-state index contributed by atoms with van der Waals surface area (Å²) in [5.41, 5.74) is 2.35. The van der Waals surface area contributed by atoms with Crippen molar-refractivity contribution in [3.05, 3.63) is 46.8 Å². The maximum Gasteiger partial charge on any atom is 0.330 e. The molecule has 0 saturated carbocycles. The van der Waals surface area contributed by atoms with Gasteiger partial charge in [0.15, 0.2) is 5.65 Å². The Kier molecular flexibility index (Phi) is 6.72. The van der Waals surface area contributed by atoms with Gasteiger partial charge in [-0.15, -0.1) is 10.2 Å². The molecule has 0 amide bonds. The monoisotopic (exact) mass is 493 g/mol. The normalized spacial score (nSPS) is 15.4. The van der Waals surface area contributed by atoms with E-state index in [1.54, 1.807) is 36.0 Å². The number of nitrogens with zero attached hydrogens (tertiary/aromatic N) is 7. The van der Waals surface area contributed by atoms with Crippen LogP contribution in [0.1, 0.15) is 26.3 Å². The highest BCUT2D eigenvalue weighted by Gasteiger charge is 2.20. The highest BCUT2D eigenvalue weighted by atomic mass is 19.1. The molecule has 1 aromatic carbocycles. The van der Waals surface area contributed by atoms with Gasteiger partial charge in [0.25, 0.3) is 0 Å². The van der Waals surface area contributed by atoms with E-state index in [-0.39, 0.29) is 11.7 Å². The second-order valence-corrected chi connectivity index (χ2v) is 9.76. The topological polar surface area (TPSA) is 81.3 Å². The van der Waals surface area contributed by atoms with E-state index in [2.05, 4.69) is 32.0 Å². The molecule has 1 saturated heterocycles. The number of hydrogen-bond acceptors (Lipinski definition) is 7. The SMILES string of the molecule is CC(C)n1c(=O)n(C)c2nnc3cc(F)c(-c4ccc(OCCCN5CCN(C)CC5)nc4)cc3c21. The van der Waals surface area contributed by atoms with Crippen LogP contribution in [0.25, 0.3) is 33.2 Å². The highest BCUT2D eigenvalue weighted by molar-refractivity contribution is 6.02. The Balaban J connectivity index is 1.36. The zero-order chi connectivity index (χ0) is 25.4. The number of halogens is 1. The molecular weight excluding hydrogens is 461 g/mol. The van der Waals surface area contributed by atoms with E-state index in [0.717, 1.165) is 39.1 Å². The summed E-state index contributed by atoms with van der Waals surface area (Å²) >= 11 is 0. The van der Waals surface area contributed by atoms with Crippen LogP contribution in [0.5, 0.6) is 5.88 Å². The van der Waals surface area contributed by atoms with E-state index >= 15 is 4.39 Å². The third-order valence-electron chi connectivity index (χ3n) is 6.88. The molecule has 5 rings (SSSR count). The van der Waals surface area contributed by atoms with Crippen LogP contribution in [0.15, 0.2) is 35.3 Å². The molecule has 10 heteroatoms. The van der Waals surface area contributed by atoms with Gasteiger partial charge in [-0.2, -0.15) is 0 Å². The van der Waals surface area contributed by atoms with Crippen LogP contribution in [-0.4, -0.2) is 80.5 Å². The molecule has 0 unspecified atom stereocenters. The zero-order valence-electron chi connectivity index (χ0n) is 21.2. The summed E-state index contributed by atoms with van der Waals surface area (Å²) in [6, 6.07) is 6.58. The third kappa shape index (κ3) is 4.58. The summed E-state index contributed by atoms with van der Waals surface area (Å²) < 4.78 is 24.1. The third-order valence-corrected chi connectivity index (χ3v) is 6.88. The first-order valence-corrected chi connectivity index (χ1v) is 12.4. The van der Waals surface area contributed by atoms with Gasteiger partial charge < -0.3 is 14.5 Å². The minimum absolute atomic E-state index is 0.0866. The zero-order valence-corrected chi connectivity index (χ0v) is 21.2. The molecule has 36 heavy (non-hydrogen) atoms. The largest absolute Gasteiger partial charge is 0.478 e. The number of hydrogen-bond donors (Lipinski definition) is 0. The molecule has 1 aliphatic heterocycles. The summed E-state index contributed by atoms with van der Waals surface area (Å²) in [7, 11) is 3.82. The van der Waals surface area contributed by atoms with Gasteiger partial charge in [0.1, 0.15) is 11.3 Å². The van der Waals surface area contributed by atoms with Crippen LogP contribution < -0.4 is 10.4 Å². The average molecular weight is 494 g/mol. The van der Waals surface area contributed by atoms with Gasteiger partial charge in [-0.3, -0.25) is 9.13 Å². The summed E-state index contributed by atoms with van der Waals surface area (Å²) in [4.78, 5) is 22.0. The molecule has 0 bridgehead atoms. The Morgan fingerprint density at radius 3 is 2.56 bits per heavy atom. The lowest BCUT2D eigenvalue weighted by Gasteiger charge is -2.32. The summed E-state index contributed by atoms with van der Waals surface area (Å²) in [6.45, 7) is 9.85. The number of benzene rings is 1. The lowest BCUT2D eigenvalue weighted by atomic mass is 10.0. The van der Waals surface area contributed by atoms with Crippen LogP contribution in [-0.2, 0) is 7.05 Å². The number of rotatable bonds is 7. The maximum absolute atomic E-state index is 15.1. The standard InChI is InChI=1S/C26H32FN7O2/c1-17(2)34-24-20-14-19(21(27)15-22(20)29-30-25(24)32(4)26(34)35)18-6-7-23(28-16-18)36-13-5-8-33-11-9-31(3)10-12-33/h6-7,14-17H,5,8-13H2,1-4H3. The predicted molar refractivity (Wildman–Crippen MR) is 138 cm³/mol. The van der Waals surface area contributed by atoms with E-state index < -0.39 is 5.82 Å². The molecule has 3 aromatic heterocycles. The molecule has 0 spiro atoms. The van der Waals surface area contributed by atoms with E-state index in [1.165, 1.54) is 10.6 Å². The number of aryl methyl sites for hydroxylation is 1. The van der Waals surface area contributed by atoms with Crippen LogP contribution in [0.2, 0.25) is 0 Å². The van der Waals surface area contributed by atoms with Crippen LogP contribution in [0.3, 0.4) is 0 Å². The molecule has 0 aliphatic carbocycles. The summed E-state index contributed by atoms with van der Waals surface area (Å²) in [6.07, 6.45) is 2.55. The van der Waals surface area contributed by atoms with Crippen molar-refractivity contribution in [3.63, 3.8) is 0 Å². The van der Waals surface area contributed by atoms with Crippen LogP contribution >= 0.6 is 0 Å². The van der Waals surface area contributed by atoms with Crippen molar-refractivity contribution >= 4 is 22.1 Å². The maximum atomic E-state index is 15.1. The van der Waals surface area contributed by atoms with Crippen LogP contribution in [0, 0.1) is 5.82 Å². The number of piperazine rings is 1. The number of fused-ring (bicyclic) bond motifs is 3. The molecule has 1 fully saturated rings. The lowest BCUT2D eigenvalue weighted by molar-refractivity contribution is 0.145. The first-order valence-electron chi connectivity index (χ1n) is 12.4. The highest BCUT2D eigenvalue weighted by Crippen LogP contribution is 2.31. The molecular formula is C26H32FN7O2. The molecule has 0 radical (unpaired) electrons. The minimum atomic E-state index is -0.423. The van der Waals surface area contributed by atoms with E-state index in [1.807, 2.05) is 13.8 Å². The first kappa shape index (κ1) is 24.3. The minimum Gasteiger partial charge on any atom is -0.478 e. The number of pyridine rings is 1. The Labute approximate surface area is 209 Å². The molecule has 0 N–H and O–H groups in total. The molecule has 9 nitrogen and oxygen atoms in total. The second kappa shape index (κ2) is 9.94. The Hall–Kier alpha value is -3.37. The van der Waals surface area contributed by atoms with Gasteiger partial charge in [-0.25, -0.2) is 14.2 Å².